The molecular formula is C14H20F2N2. The highest BCUT2D eigenvalue weighted by Crippen LogP contribution is 2.20. The molecule has 0 bridgehead atoms. The molecule has 2 nitrogen and oxygen atoms in total. The fourth-order valence-corrected chi connectivity index (χ4v) is 2.47. The molecule has 18 heavy (non-hydrogen) atoms. The lowest BCUT2D eigenvalue weighted by Crippen LogP contribution is -2.39. The average molecular weight is 254 g/mol. The predicted molar refractivity (Wildman–Crippen MR) is 68.8 cm³/mol. The lowest BCUT2D eigenvalue weighted by molar-refractivity contribution is 0.0685. The molecule has 1 N–H and O–H groups in total. The quantitative estimate of drug-likeness (QED) is 0.892. The Balaban J connectivity index is 2.08. The Bertz CT molecular complexity index is 356. The van der Waals surface area contributed by atoms with Gasteiger partial charge in [-0.2, -0.15) is 0 Å². The molecule has 1 aromatic rings. The second-order valence-corrected chi connectivity index (χ2v) is 4.90. The van der Waals surface area contributed by atoms with Gasteiger partial charge in [0.15, 0.2) is 0 Å². The molecule has 0 aromatic heterocycles. The van der Waals surface area contributed by atoms with Crippen LogP contribution in [0.1, 0.15) is 24.9 Å². The Morgan fingerprint density at radius 2 is 2.06 bits per heavy atom. The summed E-state index contributed by atoms with van der Waals surface area (Å²) in [5.41, 5.74) is 1.17. The summed E-state index contributed by atoms with van der Waals surface area (Å²) in [5.74, 6) is 0. The first-order valence-corrected chi connectivity index (χ1v) is 6.47. The van der Waals surface area contributed by atoms with Crippen LogP contribution < -0.4 is 5.32 Å². The third kappa shape index (κ3) is 3.50. The minimum atomic E-state index is -2.26. The second-order valence-electron chi connectivity index (χ2n) is 4.90. The molecular weight excluding hydrogens is 234 g/mol. The number of alkyl halides is 2. The first-order chi connectivity index (χ1) is 8.66. The van der Waals surface area contributed by atoms with E-state index in [1.807, 2.05) is 42.2 Å². The lowest BCUT2D eigenvalue weighted by Gasteiger charge is -2.28. The maximum atomic E-state index is 12.6. The summed E-state index contributed by atoms with van der Waals surface area (Å²) in [4.78, 5) is 1.89. The highest BCUT2D eigenvalue weighted by molar-refractivity contribution is 5.19. The summed E-state index contributed by atoms with van der Waals surface area (Å²) in [7, 11) is 0. The van der Waals surface area contributed by atoms with Crippen molar-refractivity contribution in [3.8, 4) is 0 Å². The van der Waals surface area contributed by atoms with Gasteiger partial charge in [-0.05, 0) is 25.5 Å². The van der Waals surface area contributed by atoms with Gasteiger partial charge in [0.25, 0.3) is 6.43 Å². The SMILES string of the molecule is CC1CCNC(c2ccccc2)CN1CC(F)F. The third-order valence-corrected chi connectivity index (χ3v) is 3.57. The van der Waals surface area contributed by atoms with E-state index in [0.717, 1.165) is 13.0 Å². The van der Waals surface area contributed by atoms with Crippen LogP contribution in [-0.4, -0.2) is 37.0 Å². The van der Waals surface area contributed by atoms with Gasteiger partial charge in [-0.15, -0.1) is 0 Å². The molecule has 100 valence electrons. The zero-order valence-corrected chi connectivity index (χ0v) is 10.7. The van der Waals surface area contributed by atoms with E-state index >= 15 is 0 Å². The second kappa shape index (κ2) is 6.25. The minimum absolute atomic E-state index is 0.133. The monoisotopic (exact) mass is 254 g/mol. The lowest BCUT2D eigenvalue weighted by atomic mass is 10.1. The summed E-state index contributed by atoms with van der Waals surface area (Å²) in [6.07, 6.45) is -1.35. The summed E-state index contributed by atoms with van der Waals surface area (Å²) in [6.45, 7) is 3.42. The van der Waals surface area contributed by atoms with E-state index in [4.69, 9.17) is 0 Å². The molecule has 0 spiro atoms. The molecule has 0 radical (unpaired) electrons. The molecule has 1 aliphatic heterocycles. The number of hydrogen-bond donors (Lipinski definition) is 1. The first-order valence-electron chi connectivity index (χ1n) is 6.47. The van der Waals surface area contributed by atoms with Crippen LogP contribution in [0.25, 0.3) is 0 Å². The molecule has 0 amide bonds. The number of hydrogen-bond acceptors (Lipinski definition) is 2. The number of benzene rings is 1. The fraction of sp³-hybridized carbons (Fsp3) is 0.571. The van der Waals surface area contributed by atoms with Crippen LogP contribution in [0.4, 0.5) is 8.78 Å². The molecule has 1 heterocycles. The standard InChI is InChI=1S/C14H20F2N2/c1-11-7-8-17-13(9-18(11)10-14(15)16)12-5-3-2-4-6-12/h2-6,11,13-14,17H,7-10H2,1H3. The number of nitrogens with zero attached hydrogens (tertiary/aromatic N) is 1. The van der Waals surface area contributed by atoms with Crippen LogP contribution in [-0.2, 0) is 0 Å². The van der Waals surface area contributed by atoms with E-state index in [-0.39, 0.29) is 18.6 Å². The van der Waals surface area contributed by atoms with Gasteiger partial charge in [-0.3, -0.25) is 4.90 Å². The summed E-state index contributed by atoms with van der Waals surface area (Å²) in [6, 6.07) is 10.4. The molecule has 2 rings (SSSR count). The normalized spacial score (nSPS) is 26.2. The summed E-state index contributed by atoms with van der Waals surface area (Å²) in [5, 5.41) is 3.44. The summed E-state index contributed by atoms with van der Waals surface area (Å²) >= 11 is 0. The third-order valence-electron chi connectivity index (χ3n) is 3.57. The van der Waals surface area contributed by atoms with Crippen LogP contribution in [0, 0.1) is 0 Å². The zero-order chi connectivity index (χ0) is 13.0. The topological polar surface area (TPSA) is 15.3 Å². The van der Waals surface area contributed by atoms with Gasteiger partial charge < -0.3 is 5.32 Å². The Labute approximate surface area is 107 Å². The van der Waals surface area contributed by atoms with Crippen LogP contribution in [0.2, 0.25) is 0 Å². The highest BCUT2D eigenvalue weighted by atomic mass is 19.3. The van der Waals surface area contributed by atoms with Crippen LogP contribution in [0.15, 0.2) is 30.3 Å². The Morgan fingerprint density at radius 3 is 2.72 bits per heavy atom. The minimum Gasteiger partial charge on any atom is -0.309 e. The maximum Gasteiger partial charge on any atom is 0.251 e. The maximum absolute atomic E-state index is 12.6. The van der Waals surface area contributed by atoms with Crippen molar-refractivity contribution in [3.63, 3.8) is 0 Å². The largest absolute Gasteiger partial charge is 0.309 e. The summed E-state index contributed by atoms with van der Waals surface area (Å²) < 4.78 is 25.2. The van der Waals surface area contributed by atoms with E-state index in [1.165, 1.54) is 5.56 Å². The predicted octanol–water partition coefficient (Wildman–Crippen LogP) is 2.68. The van der Waals surface area contributed by atoms with E-state index in [9.17, 15) is 8.78 Å². The number of halogens is 2. The van der Waals surface area contributed by atoms with Crippen molar-refractivity contribution in [1.82, 2.24) is 10.2 Å². The smallest absolute Gasteiger partial charge is 0.251 e. The van der Waals surface area contributed by atoms with Crippen molar-refractivity contribution in [2.75, 3.05) is 19.6 Å². The van der Waals surface area contributed by atoms with Crippen LogP contribution in [0.5, 0.6) is 0 Å². The molecule has 1 aliphatic rings. The van der Waals surface area contributed by atoms with Gasteiger partial charge in [-0.25, -0.2) is 8.78 Å². The van der Waals surface area contributed by atoms with Gasteiger partial charge in [0.1, 0.15) is 0 Å². The molecule has 2 unspecified atom stereocenters. The van der Waals surface area contributed by atoms with E-state index in [0.29, 0.717) is 6.54 Å². The molecule has 0 aliphatic carbocycles. The van der Waals surface area contributed by atoms with E-state index in [1.54, 1.807) is 0 Å². The first kappa shape index (κ1) is 13.4. The average Bonchev–Trinajstić information content (AvgIpc) is 2.53. The Hall–Kier alpha value is -1.00. The van der Waals surface area contributed by atoms with Crippen molar-refractivity contribution in [1.29, 1.82) is 0 Å². The van der Waals surface area contributed by atoms with Crippen molar-refractivity contribution in [3.05, 3.63) is 35.9 Å². The van der Waals surface area contributed by atoms with Gasteiger partial charge in [0, 0.05) is 18.6 Å². The Morgan fingerprint density at radius 1 is 1.33 bits per heavy atom. The number of nitrogens with one attached hydrogen (secondary N) is 1. The molecule has 0 saturated carbocycles. The van der Waals surface area contributed by atoms with Crippen LogP contribution >= 0.6 is 0 Å². The molecule has 1 fully saturated rings. The van der Waals surface area contributed by atoms with Gasteiger partial charge in [-0.1, -0.05) is 30.3 Å². The van der Waals surface area contributed by atoms with Crippen molar-refractivity contribution in [2.45, 2.75) is 31.9 Å². The van der Waals surface area contributed by atoms with Gasteiger partial charge >= 0.3 is 0 Å². The van der Waals surface area contributed by atoms with Gasteiger partial charge in [0.05, 0.1) is 6.54 Å². The van der Waals surface area contributed by atoms with E-state index in [2.05, 4.69) is 5.32 Å². The highest BCUT2D eigenvalue weighted by Gasteiger charge is 2.25. The zero-order valence-electron chi connectivity index (χ0n) is 10.7. The van der Waals surface area contributed by atoms with E-state index < -0.39 is 6.43 Å². The Kier molecular flexibility index (Phi) is 4.66. The molecule has 1 saturated heterocycles. The van der Waals surface area contributed by atoms with Crippen molar-refractivity contribution >= 4 is 0 Å². The van der Waals surface area contributed by atoms with Crippen LogP contribution in [0.3, 0.4) is 0 Å². The van der Waals surface area contributed by atoms with Crippen molar-refractivity contribution < 1.29 is 8.78 Å². The number of rotatable bonds is 3. The molecule has 1 aromatic carbocycles. The fourth-order valence-electron chi connectivity index (χ4n) is 2.47. The van der Waals surface area contributed by atoms with Gasteiger partial charge in [0.2, 0.25) is 0 Å². The van der Waals surface area contributed by atoms with Crippen molar-refractivity contribution in [2.24, 2.45) is 0 Å². The molecule has 2 atom stereocenters. The molecule has 4 heteroatoms.